The molecule has 4 heterocycles. The van der Waals surface area contributed by atoms with Crippen LogP contribution in [0.2, 0.25) is 0 Å². The Balaban J connectivity index is 1.71. The zero-order valence-electron chi connectivity index (χ0n) is 16.6. The van der Waals surface area contributed by atoms with E-state index in [4.69, 9.17) is 4.74 Å². The Hall–Kier alpha value is -3.92. The number of H-pyrrole nitrogens is 1. The second-order valence-electron chi connectivity index (χ2n) is 6.68. The quantitative estimate of drug-likeness (QED) is 0.343. The molecule has 4 aromatic heterocycles. The third kappa shape index (κ3) is 3.17. The summed E-state index contributed by atoms with van der Waals surface area (Å²) in [6.07, 6.45) is 5.11. The zero-order valence-corrected chi connectivity index (χ0v) is 17.4. The molecule has 0 saturated carbocycles. The number of methoxy groups -OCH3 is 1. The summed E-state index contributed by atoms with van der Waals surface area (Å²) in [7, 11) is 1.58. The fourth-order valence-electron chi connectivity index (χ4n) is 3.37. The molecular formula is C21H16N6O3S. The van der Waals surface area contributed by atoms with Crippen LogP contribution >= 0.6 is 11.8 Å². The lowest BCUT2D eigenvalue weighted by Gasteiger charge is -2.09. The minimum Gasteiger partial charge on any atom is -0.497 e. The number of nitrogens with zero attached hydrogens (tertiary/aromatic N) is 5. The Morgan fingerprint density at radius 1 is 0.903 bits per heavy atom. The van der Waals surface area contributed by atoms with Crippen LogP contribution in [0.3, 0.4) is 0 Å². The van der Waals surface area contributed by atoms with Gasteiger partial charge in [0.05, 0.1) is 28.9 Å². The van der Waals surface area contributed by atoms with Crippen molar-refractivity contribution in [2.24, 2.45) is 0 Å². The average molecular weight is 432 g/mol. The zero-order chi connectivity index (χ0) is 21.5. The molecule has 0 bridgehead atoms. The van der Waals surface area contributed by atoms with Crippen molar-refractivity contribution in [3.63, 3.8) is 0 Å². The van der Waals surface area contributed by atoms with Gasteiger partial charge in [-0.3, -0.25) is 18.7 Å². The number of fused-ring (bicyclic) bond motifs is 2. The molecule has 0 spiro atoms. The van der Waals surface area contributed by atoms with Gasteiger partial charge in [0, 0.05) is 18.1 Å². The third-order valence-corrected chi connectivity index (χ3v) is 5.51. The normalized spacial score (nSPS) is 11.3. The van der Waals surface area contributed by atoms with Crippen molar-refractivity contribution in [2.45, 2.75) is 5.16 Å². The molecule has 1 N–H and O–H groups in total. The summed E-state index contributed by atoms with van der Waals surface area (Å²) < 4.78 is 8.04. The lowest BCUT2D eigenvalue weighted by atomic mass is 10.2. The van der Waals surface area contributed by atoms with Crippen LogP contribution in [-0.2, 0) is 0 Å². The van der Waals surface area contributed by atoms with E-state index >= 15 is 0 Å². The van der Waals surface area contributed by atoms with Crippen molar-refractivity contribution >= 4 is 33.6 Å². The summed E-state index contributed by atoms with van der Waals surface area (Å²) in [5.41, 5.74) is 1.10. The summed E-state index contributed by atoms with van der Waals surface area (Å²) in [5.74, 6) is 1.00. The maximum absolute atomic E-state index is 13.2. The molecule has 10 heteroatoms. The van der Waals surface area contributed by atoms with Crippen molar-refractivity contribution in [1.82, 2.24) is 29.3 Å². The SMILES string of the molecule is COc1ccc(-n2ccc3nc4ccn(-c5nc(SC)n[nH]5)c(=O)c4cc3c2=O)cc1. The van der Waals surface area contributed by atoms with E-state index in [0.717, 1.165) is 0 Å². The minimum atomic E-state index is -0.338. The molecule has 0 saturated heterocycles. The predicted octanol–water partition coefficient (Wildman–Crippen LogP) is 2.54. The summed E-state index contributed by atoms with van der Waals surface area (Å²) in [6, 6.07) is 12.2. The highest BCUT2D eigenvalue weighted by Crippen LogP contribution is 2.18. The van der Waals surface area contributed by atoms with E-state index in [1.54, 1.807) is 62.0 Å². The first-order valence-corrected chi connectivity index (χ1v) is 10.5. The number of thioether (sulfide) groups is 1. The fourth-order valence-corrected chi connectivity index (χ4v) is 3.69. The molecular weight excluding hydrogens is 416 g/mol. The van der Waals surface area contributed by atoms with Crippen LogP contribution in [0.1, 0.15) is 0 Å². The van der Waals surface area contributed by atoms with Gasteiger partial charge >= 0.3 is 0 Å². The summed E-state index contributed by atoms with van der Waals surface area (Å²) >= 11 is 1.37. The van der Waals surface area contributed by atoms with Crippen LogP contribution < -0.4 is 15.9 Å². The van der Waals surface area contributed by atoms with Gasteiger partial charge in [0.1, 0.15) is 5.75 Å². The number of ether oxygens (including phenoxy) is 1. The smallest absolute Gasteiger partial charge is 0.266 e. The molecule has 5 aromatic rings. The monoisotopic (exact) mass is 432 g/mol. The molecule has 0 fully saturated rings. The van der Waals surface area contributed by atoms with Crippen LogP contribution in [0.5, 0.6) is 5.75 Å². The van der Waals surface area contributed by atoms with E-state index in [0.29, 0.717) is 44.3 Å². The maximum Gasteiger partial charge on any atom is 0.266 e. The van der Waals surface area contributed by atoms with Gasteiger partial charge in [-0.15, -0.1) is 5.10 Å². The number of hydrogen-bond donors (Lipinski definition) is 1. The van der Waals surface area contributed by atoms with Crippen molar-refractivity contribution in [1.29, 1.82) is 0 Å². The van der Waals surface area contributed by atoms with Crippen molar-refractivity contribution in [2.75, 3.05) is 13.4 Å². The molecule has 31 heavy (non-hydrogen) atoms. The number of hydrogen-bond acceptors (Lipinski definition) is 7. The number of benzene rings is 1. The Bertz CT molecular complexity index is 1550. The van der Waals surface area contributed by atoms with Gasteiger partial charge in [-0.1, -0.05) is 11.8 Å². The molecule has 0 radical (unpaired) electrons. The van der Waals surface area contributed by atoms with Crippen LogP contribution in [0.4, 0.5) is 0 Å². The molecule has 0 aliphatic rings. The Morgan fingerprint density at radius 3 is 2.16 bits per heavy atom. The third-order valence-electron chi connectivity index (χ3n) is 4.96. The predicted molar refractivity (Wildman–Crippen MR) is 119 cm³/mol. The first-order chi connectivity index (χ1) is 15.1. The second-order valence-corrected chi connectivity index (χ2v) is 7.45. The number of pyridine rings is 3. The topological polar surface area (TPSA) is 108 Å². The Morgan fingerprint density at radius 2 is 1.55 bits per heavy atom. The standard InChI is InChI=1S/C21H16N6O3S/c1-30-13-5-3-12(4-6-13)26-9-7-16-14(18(26)28)11-15-17(22-16)8-10-27(19(15)29)20-23-21(31-2)25-24-20/h3-11H,1-2H3,(H,23,24,25). The fraction of sp³-hybridized carbons (Fsp3) is 0.0952. The lowest BCUT2D eigenvalue weighted by molar-refractivity contribution is 0.414. The molecule has 0 atom stereocenters. The van der Waals surface area contributed by atoms with Gasteiger partial charge < -0.3 is 4.74 Å². The van der Waals surface area contributed by atoms with Crippen molar-refractivity contribution in [3.05, 3.63) is 75.6 Å². The van der Waals surface area contributed by atoms with Gasteiger partial charge in [0.2, 0.25) is 11.1 Å². The van der Waals surface area contributed by atoms with E-state index in [9.17, 15) is 9.59 Å². The summed E-state index contributed by atoms with van der Waals surface area (Å²) in [6.45, 7) is 0. The molecule has 9 nitrogen and oxygen atoms in total. The summed E-state index contributed by atoms with van der Waals surface area (Å²) in [4.78, 5) is 35.1. The van der Waals surface area contributed by atoms with E-state index in [1.807, 2.05) is 6.26 Å². The van der Waals surface area contributed by atoms with Crippen LogP contribution in [-0.4, -0.2) is 42.7 Å². The molecule has 0 aliphatic heterocycles. The van der Waals surface area contributed by atoms with Gasteiger partial charge in [-0.05, 0) is 48.7 Å². The molecule has 0 unspecified atom stereocenters. The molecule has 5 rings (SSSR count). The number of nitrogens with one attached hydrogen (secondary N) is 1. The average Bonchev–Trinajstić information content (AvgIpc) is 3.28. The molecule has 154 valence electrons. The highest BCUT2D eigenvalue weighted by atomic mass is 32.2. The first-order valence-electron chi connectivity index (χ1n) is 9.28. The van der Waals surface area contributed by atoms with Crippen LogP contribution in [0.25, 0.3) is 33.4 Å². The second kappa shape index (κ2) is 7.40. The van der Waals surface area contributed by atoms with E-state index < -0.39 is 0 Å². The highest BCUT2D eigenvalue weighted by molar-refractivity contribution is 7.98. The maximum atomic E-state index is 13.2. The van der Waals surface area contributed by atoms with E-state index in [2.05, 4.69) is 20.2 Å². The number of rotatable bonds is 4. The van der Waals surface area contributed by atoms with Gasteiger partial charge in [0.25, 0.3) is 11.1 Å². The van der Waals surface area contributed by atoms with Crippen LogP contribution in [0.15, 0.2) is 69.6 Å². The number of aromatic amines is 1. The number of aromatic nitrogens is 6. The Labute approximate surface area is 179 Å². The molecule has 0 aliphatic carbocycles. The summed E-state index contributed by atoms with van der Waals surface area (Å²) in [5, 5.41) is 7.99. The largest absolute Gasteiger partial charge is 0.497 e. The van der Waals surface area contributed by atoms with E-state index in [1.165, 1.54) is 20.9 Å². The highest BCUT2D eigenvalue weighted by Gasteiger charge is 2.13. The molecule has 1 aromatic carbocycles. The minimum absolute atomic E-state index is 0.267. The van der Waals surface area contributed by atoms with Crippen molar-refractivity contribution in [3.8, 4) is 17.4 Å². The van der Waals surface area contributed by atoms with Gasteiger partial charge in [0.15, 0.2) is 0 Å². The Kier molecular flexibility index (Phi) is 4.55. The molecule has 0 amide bonds. The first kappa shape index (κ1) is 19.1. The lowest BCUT2D eigenvalue weighted by Crippen LogP contribution is -2.21. The van der Waals surface area contributed by atoms with Gasteiger partial charge in [-0.2, -0.15) is 4.98 Å². The van der Waals surface area contributed by atoms with Crippen molar-refractivity contribution < 1.29 is 4.74 Å². The van der Waals surface area contributed by atoms with Crippen LogP contribution in [0, 0.1) is 0 Å². The van der Waals surface area contributed by atoms with E-state index in [-0.39, 0.29) is 11.1 Å². The van der Waals surface area contributed by atoms with Gasteiger partial charge in [-0.25, -0.2) is 10.1 Å².